The van der Waals surface area contributed by atoms with Crippen molar-refractivity contribution in [2.45, 2.75) is 58.9 Å². The maximum Gasteiger partial charge on any atom is 0.416 e. The Morgan fingerprint density at radius 1 is 1.18 bits per heavy atom. The molecule has 0 spiro atoms. The standard InChI is InChI=1S/C27H31F3N6O3/c1-14(17-10-18(27(28,29)30)12-19(31)11-17)32-22-21-13-20(24(37)35-23(21)34-15(2)33-22)16-6-8-36(9-7-16)25(38)39-26(3,4)5/h6,10-14H,7-9,31H2,1-5H3,(H2,32,33,34,35,37). The third-order valence-electron chi connectivity index (χ3n) is 6.19. The Labute approximate surface area is 223 Å². The van der Waals surface area contributed by atoms with Crippen LogP contribution >= 0.6 is 0 Å². The molecule has 0 radical (unpaired) electrons. The maximum atomic E-state index is 13.3. The normalized spacial score (nSPS) is 15.2. The summed E-state index contributed by atoms with van der Waals surface area (Å²) in [5.41, 5.74) is 5.71. The van der Waals surface area contributed by atoms with Crippen LogP contribution in [0, 0.1) is 6.92 Å². The van der Waals surface area contributed by atoms with Crippen LogP contribution in [-0.2, 0) is 10.9 Å². The number of hydrogen-bond acceptors (Lipinski definition) is 7. The number of ether oxygens (including phenoxy) is 1. The summed E-state index contributed by atoms with van der Waals surface area (Å²) < 4.78 is 45.4. The fourth-order valence-electron chi connectivity index (χ4n) is 4.33. The van der Waals surface area contributed by atoms with Crippen molar-refractivity contribution in [1.29, 1.82) is 0 Å². The van der Waals surface area contributed by atoms with Crippen molar-refractivity contribution in [2.24, 2.45) is 0 Å². The molecule has 2 aromatic heterocycles. The fraction of sp³-hybridized carbons (Fsp3) is 0.407. The van der Waals surface area contributed by atoms with Crippen LogP contribution in [0.4, 0.5) is 29.5 Å². The zero-order chi connectivity index (χ0) is 28.7. The molecule has 1 amide bonds. The van der Waals surface area contributed by atoms with Crippen molar-refractivity contribution in [2.75, 3.05) is 24.1 Å². The maximum absolute atomic E-state index is 13.3. The number of hydrogen-bond donors (Lipinski definition) is 3. The van der Waals surface area contributed by atoms with E-state index in [2.05, 4.69) is 20.3 Å². The molecular weight excluding hydrogens is 513 g/mol. The molecule has 0 saturated carbocycles. The van der Waals surface area contributed by atoms with Crippen molar-refractivity contribution < 1.29 is 22.7 Å². The van der Waals surface area contributed by atoms with Gasteiger partial charge in [0.2, 0.25) is 0 Å². The molecule has 1 aliphatic heterocycles. The van der Waals surface area contributed by atoms with E-state index in [0.717, 1.165) is 17.7 Å². The molecule has 208 valence electrons. The zero-order valence-corrected chi connectivity index (χ0v) is 22.4. The van der Waals surface area contributed by atoms with Gasteiger partial charge in [0.25, 0.3) is 5.56 Å². The Morgan fingerprint density at radius 2 is 1.90 bits per heavy atom. The van der Waals surface area contributed by atoms with E-state index in [1.54, 1.807) is 51.7 Å². The number of H-pyrrole nitrogens is 1. The zero-order valence-electron chi connectivity index (χ0n) is 22.4. The molecule has 1 atom stereocenters. The van der Waals surface area contributed by atoms with Crippen LogP contribution in [0.5, 0.6) is 0 Å². The molecule has 1 aliphatic rings. The molecule has 12 heteroatoms. The number of benzene rings is 1. The van der Waals surface area contributed by atoms with Crippen molar-refractivity contribution in [1.82, 2.24) is 19.9 Å². The summed E-state index contributed by atoms with van der Waals surface area (Å²) in [4.78, 5) is 38.5. The first-order chi connectivity index (χ1) is 18.1. The largest absolute Gasteiger partial charge is 0.444 e. The van der Waals surface area contributed by atoms with Gasteiger partial charge < -0.3 is 25.7 Å². The molecule has 0 fully saturated rings. The van der Waals surface area contributed by atoms with E-state index >= 15 is 0 Å². The minimum Gasteiger partial charge on any atom is -0.444 e. The third-order valence-corrected chi connectivity index (χ3v) is 6.19. The van der Waals surface area contributed by atoms with Gasteiger partial charge in [0.05, 0.1) is 17.0 Å². The van der Waals surface area contributed by atoms with Crippen LogP contribution in [0.15, 0.2) is 35.1 Å². The molecule has 39 heavy (non-hydrogen) atoms. The Balaban J connectivity index is 1.66. The number of halogens is 3. The molecule has 0 aliphatic carbocycles. The Morgan fingerprint density at radius 3 is 2.51 bits per heavy atom. The highest BCUT2D eigenvalue weighted by atomic mass is 19.4. The van der Waals surface area contributed by atoms with Gasteiger partial charge in [0.1, 0.15) is 22.9 Å². The monoisotopic (exact) mass is 544 g/mol. The van der Waals surface area contributed by atoms with E-state index in [1.165, 1.54) is 6.07 Å². The molecule has 1 aromatic carbocycles. The van der Waals surface area contributed by atoms with E-state index in [-0.39, 0.29) is 17.8 Å². The average molecular weight is 545 g/mol. The molecule has 3 heterocycles. The third kappa shape index (κ3) is 6.50. The highest BCUT2D eigenvalue weighted by molar-refractivity contribution is 5.89. The molecule has 0 bridgehead atoms. The number of nitrogens with zero attached hydrogens (tertiary/aromatic N) is 3. The van der Waals surface area contributed by atoms with Crippen LogP contribution in [-0.4, -0.2) is 44.6 Å². The number of carbonyl (C=O) groups excluding carboxylic acids is 1. The number of aryl methyl sites for hydroxylation is 1. The molecule has 4 N–H and O–H groups in total. The van der Waals surface area contributed by atoms with Crippen LogP contribution in [0.25, 0.3) is 16.6 Å². The van der Waals surface area contributed by atoms with Gasteiger partial charge in [-0.25, -0.2) is 14.8 Å². The Kier molecular flexibility index (Phi) is 7.33. The summed E-state index contributed by atoms with van der Waals surface area (Å²) in [5.74, 6) is 0.722. The average Bonchev–Trinajstić information content (AvgIpc) is 2.81. The Bertz CT molecular complexity index is 1510. The van der Waals surface area contributed by atoms with Crippen molar-refractivity contribution >= 4 is 34.2 Å². The van der Waals surface area contributed by atoms with Crippen LogP contribution in [0.3, 0.4) is 0 Å². The van der Waals surface area contributed by atoms with Crippen molar-refractivity contribution in [3.8, 4) is 0 Å². The summed E-state index contributed by atoms with van der Waals surface area (Å²) in [6, 6.07) is 4.47. The topological polar surface area (TPSA) is 126 Å². The van der Waals surface area contributed by atoms with Gasteiger partial charge >= 0.3 is 12.3 Å². The molecule has 1 unspecified atom stereocenters. The highest BCUT2D eigenvalue weighted by Crippen LogP contribution is 2.34. The number of fused-ring (bicyclic) bond motifs is 1. The number of nitrogens with one attached hydrogen (secondary N) is 2. The van der Waals surface area contributed by atoms with Gasteiger partial charge in [-0.2, -0.15) is 13.2 Å². The van der Waals surface area contributed by atoms with Gasteiger partial charge in [-0.05, 0) is 76.4 Å². The van der Waals surface area contributed by atoms with E-state index in [9.17, 15) is 22.8 Å². The number of aromatic amines is 1. The highest BCUT2D eigenvalue weighted by Gasteiger charge is 2.31. The van der Waals surface area contributed by atoms with Crippen molar-refractivity contribution in [3.05, 3.63) is 63.2 Å². The fourth-order valence-corrected chi connectivity index (χ4v) is 4.33. The van der Waals surface area contributed by atoms with Crippen molar-refractivity contribution in [3.63, 3.8) is 0 Å². The van der Waals surface area contributed by atoms with Crippen LogP contribution < -0.4 is 16.6 Å². The van der Waals surface area contributed by atoms with E-state index in [0.29, 0.717) is 46.8 Å². The predicted octanol–water partition coefficient (Wildman–Crippen LogP) is 5.42. The molecule has 3 aromatic rings. The van der Waals surface area contributed by atoms with Gasteiger partial charge in [-0.15, -0.1) is 0 Å². The lowest BCUT2D eigenvalue weighted by molar-refractivity contribution is -0.137. The molecular formula is C27H31F3N6O3. The number of pyridine rings is 1. The van der Waals surface area contributed by atoms with Crippen LogP contribution in [0.1, 0.15) is 62.7 Å². The molecule has 9 nitrogen and oxygen atoms in total. The van der Waals surface area contributed by atoms with Gasteiger partial charge in [-0.3, -0.25) is 4.79 Å². The summed E-state index contributed by atoms with van der Waals surface area (Å²) in [6.07, 6.45) is -2.73. The van der Waals surface area contributed by atoms with Gasteiger partial charge in [0.15, 0.2) is 0 Å². The Hall–Kier alpha value is -4.09. The summed E-state index contributed by atoms with van der Waals surface area (Å²) in [6.45, 7) is 9.39. The SMILES string of the molecule is Cc1nc(NC(C)c2cc(N)cc(C(F)(F)F)c2)c2cc(C3=CCN(C(=O)OC(C)(C)C)CC3)c(=O)[nH]c2n1. The number of carbonyl (C=O) groups is 1. The molecule has 0 saturated heterocycles. The predicted molar refractivity (Wildman–Crippen MR) is 143 cm³/mol. The lowest BCUT2D eigenvalue weighted by atomic mass is 9.99. The first-order valence-corrected chi connectivity index (χ1v) is 12.4. The summed E-state index contributed by atoms with van der Waals surface area (Å²) >= 11 is 0. The quantitative estimate of drug-likeness (QED) is 0.374. The number of nitrogens with two attached hydrogens (primary N) is 1. The smallest absolute Gasteiger partial charge is 0.416 e. The lowest BCUT2D eigenvalue weighted by Gasteiger charge is -2.29. The lowest BCUT2D eigenvalue weighted by Crippen LogP contribution is -2.39. The van der Waals surface area contributed by atoms with E-state index in [4.69, 9.17) is 10.5 Å². The number of rotatable bonds is 4. The second-order valence-electron chi connectivity index (χ2n) is 10.6. The van der Waals surface area contributed by atoms with E-state index < -0.39 is 29.5 Å². The minimum atomic E-state index is -4.54. The minimum absolute atomic E-state index is 0.00604. The first kappa shape index (κ1) is 27.9. The van der Waals surface area contributed by atoms with E-state index in [1.807, 2.05) is 0 Å². The first-order valence-electron chi connectivity index (χ1n) is 12.4. The van der Waals surface area contributed by atoms with Gasteiger partial charge in [0, 0.05) is 24.3 Å². The number of nitrogen functional groups attached to an aromatic ring is 1. The number of alkyl halides is 3. The summed E-state index contributed by atoms with van der Waals surface area (Å²) in [7, 11) is 0. The summed E-state index contributed by atoms with van der Waals surface area (Å²) in [5, 5.41) is 3.65. The van der Waals surface area contributed by atoms with Crippen LogP contribution in [0.2, 0.25) is 0 Å². The van der Waals surface area contributed by atoms with Gasteiger partial charge in [-0.1, -0.05) is 6.08 Å². The second kappa shape index (κ2) is 10.2. The number of aromatic nitrogens is 3. The molecule has 4 rings (SSSR count). The number of anilines is 2. The number of amides is 1. The second-order valence-corrected chi connectivity index (χ2v) is 10.6.